The maximum Gasteiger partial charge on any atom is 0.161 e. The van der Waals surface area contributed by atoms with Crippen LogP contribution in [-0.4, -0.2) is 19.3 Å². The summed E-state index contributed by atoms with van der Waals surface area (Å²) in [5.74, 6) is 1.60. The summed E-state index contributed by atoms with van der Waals surface area (Å²) in [5.41, 5.74) is 5.46. The maximum absolute atomic E-state index is 5.53. The molecular weight excluding hydrogens is 154 g/mol. The quantitative estimate of drug-likeness (QED) is 0.669. The molecule has 1 aliphatic heterocycles. The Hall–Kier alpha value is -1.22. The lowest BCUT2D eigenvalue weighted by atomic mass is 10.2. The Bertz CT molecular complexity index is 275. The number of benzene rings is 1. The second kappa shape index (κ2) is 3.03. The lowest BCUT2D eigenvalue weighted by Crippen LogP contribution is -2.35. The van der Waals surface area contributed by atoms with Gasteiger partial charge in [0.1, 0.15) is 12.7 Å². The Kier molecular flexibility index (Phi) is 1.87. The average Bonchev–Trinajstić information content (AvgIpc) is 2.17. The Morgan fingerprint density at radius 1 is 1.33 bits per heavy atom. The standard InChI is InChI=1S/C9H11NO2/c10-5-7-6-11-8-3-1-2-4-9(8)12-7/h1-4,7H,5-6,10H2/t7-/m0/s1. The smallest absolute Gasteiger partial charge is 0.161 e. The fourth-order valence-corrected chi connectivity index (χ4v) is 1.18. The van der Waals surface area contributed by atoms with E-state index >= 15 is 0 Å². The summed E-state index contributed by atoms with van der Waals surface area (Å²) in [6.45, 7) is 1.04. The number of ether oxygens (including phenoxy) is 2. The Labute approximate surface area is 71.1 Å². The molecule has 1 atom stereocenters. The summed E-state index contributed by atoms with van der Waals surface area (Å²) in [6.07, 6.45) is -0.0000926. The minimum atomic E-state index is -0.0000926. The minimum absolute atomic E-state index is 0.0000926. The van der Waals surface area contributed by atoms with Crippen molar-refractivity contribution in [3.05, 3.63) is 24.3 Å². The minimum Gasteiger partial charge on any atom is -0.486 e. The first kappa shape index (κ1) is 7.43. The molecule has 0 aromatic heterocycles. The molecule has 1 aromatic carbocycles. The molecule has 0 bridgehead atoms. The molecule has 3 nitrogen and oxygen atoms in total. The zero-order chi connectivity index (χ0) is 8.39. The average molecular weight is 165 g/mol. The van der Waals surface area contributed by atoms with Crippen molar-refractivity contribution in [2.75, 3.05) is 13.2 Å². The molecule has 12 heavy (non-hydrogen) atoms. The molecule has 1 aromatic rings. The Balaban J connectivity index is 2.23. The van der Waals surface area contributed by atoms with Crippen LogP contribution in [0.15, 0.2) is 24.3 Å². The van der Waals surface area contributed by atoms with E-state index in [4.69, 9.17) is 15.2 Å². The van der Waals surface area contributed by atoms with Crippen LogP contribution >= 0.6 is 0 Å². The molecule has 0 fully saturated rings. The fourth-order valence-electron chi connectivity index (χ4n) is 1.18. The number of rotatable bonds is 1. The van der Waals surface area contributed by atoms with E-state index in [1.807, 2.05) is 24.3 Å². The van der Waals surface area contributed by atoms with Gasteiger partial charge in [-0.1, -0.05) is 12.1 Å². The van der Waals surface area contributed by atoms with Crippen molar-refractivity contribution in [2.45, 2.75) is 6.10 Å². The molecule has 1 aliphatic rings. The van der Waals surface area contributed by atoms with Crippen molar-refractivity contribution in [3.8, 4) is 11.5 Å². The van der Waals surface area contributed by atoms with Crippen LogP contribution in [0.25, 0.3) is 0 Å². The van der Waals surface area contributed by atoms with Crippen molar-refractivity contribution >= 4 is 0 Å². The van der Waals surface area contributed by atoms with Crippen LogP contribution in [0.4, 0.5) is 0 Å². The summed E-state index contributed by atoms with van der Waals surface area (Å²) < 4.78 is 11.0. The van der Waals surface area contributed by atoms with Crippen molar-refractivity contribution in [2.24, 2.45) is 5.73 Å². The van der Waals surface area contributed by atoms with Crippen LogP contribution in [0.1, 0.15) is 0 Å². The first-order valence-corrected chi connectivity index (χ1v) is 3.98. The van der Waals surface area contributed by atoms with E-state index in [0.717, 1.165) is 11.5 Å². The van der Waals surface area contributed by atoms with Gasteiger partial charge in [0.25, 0.3) is 0 Å². The van der Waals surface area contributed by atoms with Gasteiger partial charge >= 0.3 is 0 Å². The monoisotopic (exact) mass is 165 g/mol. The van der Waals surface area contributed by atoms with E-state index in [1.54, 1.807) is 0 Å². The molecule has 2 N–H and O–H groups in total. The summed E-state index contributed by atoms with van der Waals surface area (Å²) >= 11 is 0. The highest BCUT2D eigenvalue weighted by atomic mass is 16.6. The molecule has 0 radical (unpaired) electrons. The highest BCUT2D eigenvalue weighted by Gasteiger charge is 2.18. The van der Waals surface area contributed by atoms with Crippen LogP contribution in [0, 0.1) is 0 Å². The van der Waals surface area contributed by atoms with Gasteiger partial charge in [-0.25, -0.2) is 0 Å². The molecule has 0 saturated heterocycles. The molecule has 0 saturated carbocycles. The molecule has 0 unspecified atom stereocenters. The van der Waals surface area contributed by atoms with Gasteiger partial charge in [-0.2, -0.15) is 0 Å². The number of nitrogens with two attached hydrogens (primary N) is 1. The second-order valence-corrected chi connectivity index (χ2v) is 2.73. The Morgan fingerprint density at radius 2 is 2.08 bits per heavy atom. The Morgan fingerprint density at radius 3 is 2.83 bits per heavy atom. The van der Waals surface area contributed by atoms with Crippen molar-refractivity contribution in [1.29, 1.82) is 0 Å². The largest absolute Gasteiger partial charge is 0.486 e. The van der Waals surface area contributed by atoms with E-state index in [1.165, 1.54) is 0 Å². The number of fused-ring (bicyclic) bond motifs is 1. The summed E-state index contributed by atoms with van der Waals surface area (Å²) in [5, 5.41) is 0. The predicted molar refractivity (Wildman–Crippen MR) is 45.4 cm³/mol. The van der Waals surface area contributed by atoms with Gasteiger partial charge < -0.3 is 15.2 Å². The van der Waals surface area contributed by atoms with Gasteiger partial charge in [0.05, 0.1) is 0 Å². The van der Waals surface area contributed by atoms with Gasteiger partial charge in [-0.15, -0.1) is 0 Å². The normalized spacial score (nSPS) is 20.6. The number of hydrogen-bond donors (Lipinski definition) is 1. The maximum atomic E-state index is 5.53. The van der Waals surface area contributed by atoms with E-state index in [0.29, 0.717) is 13.2 Å². The highest BCUT2D eigenvalue weighted by Crippen LogP contribution is 2.30. The second-order valence-electron chi connectivity index (χ2n) is 2.73. The lowest BCUT2D eigenvalue weighted by Gasteiger charge is -2.25. The highest BCUT2D eigenvalue weighted by molar-refractivity contribution is 5.40. The van der Waals surface area contributed by atoms with Gasteiger partial charge in [0.15, 0.2) is 11.5 Å². The third kappa shape index (κ3) is 1.23. The third-order valence-corrected chi connectivity index (χ3v) is 1.83. The molecule has 3 heteroatoms. The fraction of sp³-hybridized carbons (Fsp3) is 0.333. The van der Waals surface area contributed by atoms with E-state index < -0.39 is 0 Å². The van der Waals surface area contributed by atoms with Crippen molar-refractivity contribution in [1.82, 2.24) is 0 Å². The third-order valence-electron chi connectivity index (χ3n) is 1.83. The summed E-state index contributed by atoms with van der Waals surface area (Å²) in [7, 11) is 0. The number of para-hydroxylation sites is 2. The molecule has 0 amide bonds. The number of hydrogen-bond acceptors (Lipinski definition) is 3. The predicted octanol–water partition coefficient (Wildman–Crippen LogP) is 0.785. The molecule has 1 heterocycles. The topological polar surface area (TPSA) is 44.5 Å². The molecule has 64 valence electrons. The van der Waals surface area contributed by atoms with Crippen LogP contribution in [-0.2, 0) is 0 Å². The SMILES string of the molecule is NC[C@H]1COc2ccccc2O1. The van der Waals surface area contributed by atoms with Crippen LogP contribution < -0.4 is 15.2 Å². The first-order chi connectivity index (χ1) is 5.90. The van der Waals surface area contributed by atoms with E-state index in [9.17, 15) is 0 Å². The zero-order valence-electron chi connectivity index (χ0n) is 6.69. The van der Waals surface area contributed by atoms with E-state index in [2.05, 4.69) is 0 Å². The molecular formula is C9H11NO2. The van der Waals surface area contributed by atoms with Crippen molar-refractivity contribution in [3.63, 3.8) is 0 Å². The van der Waals surface area contributed by atoms with Gasteiger partial charge in [0.2, 0.25) is 0 Å². The molecule has 2 rings (SSSR count). The molecule has 0 aliphatic carbocycles. The van der Waals surface area contributed by atoms with Crippen LogP contribution in [0.3, 0.4) is 0 Å². The van der Waals surface area contributed by atoms with Crippen molar-refractivity contribution < 1.29 is 9.47 Å². The van der Waals surface area contributed by atoms with E-state index in [-0.39, 0.29) is 6.10 Å². The zero-order valence-corrected chi connectivity index (χ0v) is 6.69. The van der Waals surface area contributed by atoms with Gasteiger partial charge in [0, 0.05) is 6.54 Å². The molecule has 0 spiro atoms. The lowest BCUT2D eigenvalue weighted by molar-refractivity contribution is 0.0969. The van der Waals surface area contributed by atoms with Crippen LogP contribution in [0.2, 0.25) is 0 Å². The van der Waals surface area contributed by atoms with Gasteiger partial charge in [-0.05, 0) is 12.1 Å². The van der Waals surface area contributed by atoms with Gasteiger partial charge in [-0.3, -0.25) is 0 Å². The first-order valence-electron chi connectivity index (χ1n) is 3.98. The summed E-state index contributed by atoms with van der Waals surface area (Å²) in [4.78, 5) is 0. The van der Waals surface area contributed by atoms with Crippen LogP contribution in [0.5, 0.6) is 11.5 Å². The summed E-state index contributed by atoms with van der Waals surface area (Å²) in [6, 6.07) is 7.62.